The van der Waals surface area contributed by atoms with Gasteiger partial charge >= 0.3 is 0 Å². The Kier molecular flexibility index (Phi) is 3.45. The van der Waals surface area contributed by atoms with Crippen LogP contribution in [0.25, 0.3) is 10.9 Å². The van der Waals surface area contributed by atoms with E-state index < -0.39 is 0 Å². The average Bonchev–Trinajstić information content (AvgIpc) is 2.46. The van der Waals surface area contributed by atoms with Gasteiger partial charge in [-0.25, -0.2) is 0 Å². The summed E-state index contributed by atoms with van der Waals surface area (Å²) in [5.74, 6) is -0.215. The number of benzene rings is 1. The molecule has 2 heterocycles. The molecule has 3 rings (SSSR count). The van der Waals surface area contributed by atoms with E-state index in [2.05, 4.69) is 36.3 Å². The van der Waals surface area contributed by atoms with Crippen LogP contribution in [0.2, 0.25) is 0 Å². The molecule has 1 fully saturated rings. The van der Waals surface area contributed by atoms with Crippen molar-refractivity contribution in [1.29, 1.82) is 0 Å². The maximum atomic E-state index is 11.9. The van der Waals surface area contributed by atoms with Crippen LogP contribution in [0, 0.1) is 0 Å². The van der Waals surface area contributed by atoms with Crippen molar-refractivity contribution in [3.63, 3.8) is 0 Å². The first kappa shape index (κ1) is 13.7. The number of nitrogens with one attached hydrogen (secondary N) is 1. The fourth-order valence-corrected chi connectivity index (χ4v) is 2.72. The first-order valence-corrected chi connectivity index (χ1v) is 7.28. The van der Waals surface area contributed by atoms with Gasteiger partial charge in [0.1, 0.15) is 0 Å². The van der Waals surface area contributed by atoms with Crippen LogP contribution in [0.3, 0.4) is 0 Å². The molecule has 1 aromatic heterocycles. The Balaban J connectivity index is 1.96. The molecule has 2 amide bonds. The average molecular weight is 282 g/mol. The van der Waals surface area contributed by atoms with Gasteiger partial charge in [0.05, 0.1) is 11.4 Å². The molecule has 1 unspecified atom stereocenters. The zero-order valence-corrected chi connectivity index (χ0v) is 12.2. The summed E-state index contributed by atoms with van der Waals surface area (Å²) in [4.78, 5) is 27.6. The van der Waals surface area contributed by atoms with E-state index in [1.807, 2.05) is 12.1 Å². The molecule has 0 bridgehead atoms. The normalized spacial score (nSPS) is 19.1. The van der Waals surface area contributed by atoms with Gasteiger partial charge in [-0.05, 0) is 35.6 Å². The van der Waals surface area contributed by atoms with E-state index >= 15 is 0 Å². The molecule has 1 atom stereocenters. The van der Waals surface area contributed by atoms with Crippen molar-refractivity contribution in [3.8, 4) is 0 Å². The molecule has 1 aliphatic heterocycles. The second-order valence-corrected chi connectivity index (χ2v) is 5.88. The fraction of sp³-hybridized carbons (Fsp3) is 0.353. The van der Waals surface area contributed by atoms with E-state index in [-0.39, 0.29) is 17.7 Å². The van der Waals surface area contributed by atoms with Crippen molar-refractivity contribution < 1.29 is 9.59 Å². The topological polar surface area (TPSA) is 59.1 Å². The number of nitrogens with zero attached hydrogens (tertiary/aromatic N) is 1. The summed E-state index contributed by atoms with van der Waals surface area (Å²) < 4.78 is 0. The van der Waals surface area contributed by atoms with E-state index in [1.54, 1.807) is 6.20 Å². The van der Waals surface area contributed by atoms with Crippen molar-refractivity contribution in [2.45, 2.75) is 38.5 Å². The highest BCUT2D eigenvalue weighted by Gasteiger charge is 2.28. The summed E-state index contributed by atoms with van der Waals surface area (Å²) in [6, 6.07) is 8.25. The lowest BCUT2D eigenvalue weighted by Gasteiger charge is -2.21. The van der Waals surface area contributed by atoms with Gasteiger partial charge in [0.2, 0.25) is 11.8 Å². The van der Waals surface area contributed by atoms with Gasteiger partial charge in [0.15, 0.2) is 0 Å². The molecule has 1 aromatic carbocycles. The van der Waals surface area contributed by atoms with E-state index in [4.69, 9.17) is 0 Å². The van der Waals surface area contributed by atoms with Crippen LogP contribution in [-0.2, 0) is 9.59 Å². The highest BCUT2D eigenvalue weighted by molar-refractivity contribution is 6.01. The van der Waals surface area contributed by atoms with E-state index in [0.29, 0.717) is 18.8 Å². The van der Waals surface area contributed by atoms with Gasteiger partial charge in [0.25, 0.3) is 0 Å². The number of amides is 2. The molecule has 0 radical (unpaired) electrons. The predicted octanol–water partition coefficient (Wildman–Crippen LogP) is 2.88. The molecule has 0 aliphatic carbocycles. The van der Waals surface area contributed by atoms with Crippen molar-refractivity contribution >= 4 is 22.7 Å². The molecule has 1 N–H and O–H groups in total. The summed E-state index contributed by atoms with van der Waals surface area (Å²) >= 11 is 0. The largest absolute Gasteiger partial charge is 0.296 e. The van der Waals surface area contributed by atoms with Crippen LogP contribution < -0.4 is 5.32 Å². The molecule has 21 heavy (non-hydrogen) atoms. The lowest BCUT2D eigenvalue weighted by molar-refractivity contribution is -0.134. The molecule has 2 aromatic rings. The third-order valence-electron chi connectivity index (χ3n) is 4.04. The van der Waals surface area contributed by atoms with Crippen LogP contribution >= 0.6 is 0 Å². The molecular weight excluding hydrogens is 264 g/mol. The standard InChI is InChI=1S/C17H18N2O2/c1-10(2)11-3-4-12-7-13(9-18-15(12)8-11)14-5-6-16(20)19-17(14)21/h3-4,7-10,14H,5-6H2,1-2H3,(H,19,20,21). The Hall–Kier alpha value is -2.23. The Morgan fingerprint density at radius 1 is 1.24 bits per heavy atom. The van der Waals surface area contributed by atoms with Crippen LogP contribution in [0.5, 0.6) is 0 Å². The quantitative estimate of drug-likeness (QED) is 0.862. The molecule has 4 nitrogen and oxygen atoms in total. The number of hydrogen-bond donors (Lipinski definition) is 1. The summed E-state index contributed by atoms with van der Waals surface area (Å²) in [5, 5.41) is 3.42. The second-order valence-electron chi connectivity index (χ2n) is 5.88. The fourth-order valence-electron chi connectivity index (χ4n) is 2.72. The number of hydrogen-bond acceptors (Lipinski definition) is 3. The molecule has 0 saturated carbocycles. The van der Waals surface area contributed by atoms with E-state index in [1.165, 1.54) is 5.56 Å². The van der Waals surface area contributed by atoms with E-state index in [9.17, 15) is 9.59 Å². The highest BCUT2D eigenvalue weighted by Crippen LogP contribution is 2.27. The Labute approximate surface area is 123 Å². The van der Waals surface area contributed by atoms with Gasteiger partial charge in [-0.1, -0.05) is 26.0 Å². The maximum absolute atomic E-state index is 11.9. The molecule has 4 heteroatoms. The second kappa shape index (κ2) is 5.28. The number of imide groups is 1. The lowest BCUT2D eigenvalue weighted by Crippen LogP contribution is -2.39. The van der Waals surface area contributed by atoms with Gasteiger partial charge in [0, 0.05) is 18.0 Å². The van der Waals surface area contributed by atoms with Crippen LogP contribution in [0.4, 0.5) is 0 Å². The number of fused-ring (bicyclic) bond motifs is 1. The number of pyridine rings is 1. The summed E-state index contributed by atoms with van der Waals surface area (Å²) in [6.45, 7) is 4.30. The van der Waals surface area contributed by atoms with Gasteiger partial charge < -0.3 is 0 Å². The highest BCUT2D eigenvalue weighted by atomic mass is 16.2. The van der Waals surface area contributed by atoms with Crippen molar-refractivity contribution in [3.05, 3.63) is 41.6 Å². The van der Waals surface area contributed by atoms with Gasteiger partial charge in [-0.3, -0.25) is 19.9 Å². The third-order valence-corrected chi connectivity index (χ3v) is 4.04. The van der Waals surface area contributed by atoms with Crippen LogP contribution in [0.15, 0.2) is 30.5 Å². The molecule has 1 saturated heterocycles. The van der Waals surface area contributed by atoms with E-state index in [0.717, 1.165) is 16.5 Å². The molecular formula is C17H18N2O2. The number of carbonyl (C=O) groups excluding carboxylic acids is 2. The first-order valence-electron chi connectivity index (χ1n) is 7.28. The van der Waals surface area contributed by atoms with Gasteiger partial charge in [-0.15, -0.1) is 0 Å². The minimum atomic E-state index is -0.274. The molecule has 0 spiro atoms. The van der Waals surface area contributed by atoms with Gasteiger partial charge in [-0.2, -0.15) is 0 Å². The number of carbonyl (C=O) groups is 2. The SMILES string of the molecule is CC(C)c1ccc2cc(C3CCC(=O)NC3=O)cnc2c1. The van der Waals surface area contributed by atoms with Crippen LogP contribution in [0.1, 0.15) is 49.7 Å². The third kappa shape index (κ3) is 2.66. The summed E-state index contributed by atoms with van der Waals surface area (Å²) in [7, 11) is 0. The minimum Gasteiger partial charge on any atom is -0.296 e. The Morgan fingerprint density at radius 2 is 2.05 bits per heavy atom. The predicted molar refractivity (Wildman–Crippen MR) is 81.0 cm³/mol. The Morgan fingerprint density at radius 3 is 2.76 bits per heavy atom. The zero-order valence-electron chi connectivity index (χ0n) is 12.2. The number of aromatic nitrogens is 1. The number of rotatable bonds is 2. The lowest BCUT2D eigenvalue weighted by atomic mass is 9.90. The first-order chi connectivity index (χ1) is 10.0. The molecule has 1 aliphatic rings. The monoisotopic (exact) mass is 282 g/mol. The number of piperidine rings is 1. The van der Waals surface area contributed by atoms with Crippen LogP contribution in [-0.4, -0.2) is 16.8 Å². The van der Waals surface area contributed by atoms with Crippen molar-refractivity contribution in [2.75, 3.05) is 0 Å². The summed E-state index contributed by atoms with van der Waals surface area (Å²) in [6.07, 6.45) is 2.70. The summed E-state index contributed by atoms with van der Waals surface area (Å²) in [5.41, 5.74) is 3.07. The maximum Gasteiger partial charge on any atom is 0.234 e. The molecule has 108 valence electrons. The van der Waals surface area contributed by atoms with Crippen molar-refractivity contribution in [2.24, 2.45) is 0 Å². The van der Waals surface area contributed by atoms with Crippen molar-refractivity contribution in [1.82, 2.24) is 10.3 Å². The zero-order chi connectivity index (χ0) is 15.0. The smallest absolute Gasteiger partial charge is 0.234 e. The Bertz CT molecular complexity index is 722. The minimum absolute atomic E-state index is 0.188.